The molecule has 0 aliphatic carbocycles. The molecule has 1 atom stereocenters. The Bertz CT molecular complexity index is 617. The predicted octanol–water partition coefficient (Wildman–Crippen LogP) is 2.33. The number of amides is 1. The largest absolute Gasteiger partial charge is 0.352 e. The molecule has 0 fully saturated rings. The van der Waals surface area contributed by atoms with Gasteiger partial charge in [-0.1, -0.05) is 24.6 Å². The zero-order chi connectivity index (χ0) is 16.2. The van der Waals surface area contributed by atoms with Crippen LogP contribution >= 0.6 is 11.6 Å². The number of carbonyl (C=O) groups is 1. The van der Waals surface area contributed by atoms with Gasteiger partial charge in [0.1, 0.15) is 6.54 Å². The van der Waals surface area contributed by atoms with Crippen LogP contribution in [0.1, 0.15) is 25.8 Å². The van der Waals surface area contributed by atoms with Crippen LogP contribution in [-0.4, -0.2) is 33.2 Å². The quantitative estimate of drug-likeness (QED) is 0.869. The lowest BCUT2D eigenvalue weighted by molar-refractivity contribution is -0.120. The smallest absolute Gasteiger partial charge is 0.240 e. The van der Waals surface area contributed by atoms with Crippen LogP contribution in [-0.2, 0) is 14.8 Å². The molecule has 0 saturated carbocycles. The van der Waals surface area contributed by atoms with E-state index in [9.17, 15) is 13.2 Å². The lowest BCUT2D eigenvalue weighted by Gasteiger charge is -2.23. The van der Waals surface area contributed by atoms with Crippen molar-refractivity contribution >= 4 is 33.2 Å². The van der Waals surface area contributed by atoms with E-state index >= 15 is 0 Å². The average Bonchev–Trinajstić information content (AvgIpc) is 2.38. The third kappa shape index (κ3) is 5.21. The second-order valence-corrected chi connectivity index (χ2v) is 7.39. The van der Waals surface area contributed by atoms with Crippen LogP contribution in [0.4, 0.5) is 5.69 Å². The van der Waals surface area contributed by atoms with E-state index in [1.54, 1.807) is 18.2 Å². The van der Waals surface area contributed by atoms with Gasteiger partial charge in [0.05, 0.1) is 11.9 Å². The standard InChI is InChI=1S/C14H21ClN2O3S/c1-5-11(3)16-14(18)9-17(21(4,19)20)12-7-6-10(2)13(15)8-12/h6-8,11H,5,9H2,1-4H3,(H,16,18)/t11-/m0/s1. The first-order valence-electron chi connectivity index (χ1n) is 6.68. The lowest BCUT2D eigenvalue weighted by atomic mass is 10.2. The molecule has 1 amide bonds. The Hall–Kier alpha value is -1.27. The fraction of sp³-hybridized carbons (Fsp3) is 0.500. The number of anilines is 1. The van der Waals surface area contributed by atoms with Crippen molar-refractivity contribution in [1.29, 1.82) is 0 Å². The number of benzene rings is 1. The highest BCUT2D eigenvalue weighted by atomic mass is 35.5. The first kappa shape index (κ1) is 17.8. The van der Waals surface area contributed by atoms with Crippen molar-refractivity contribution in [3.63, 3.8) is 0 Å². The van der Waals surface area contributed by atoms with E-state index in [1.165, 1.54) is 0 Å². The number of nitrogens with one attached hydrogen (secondary N) is 1. The summed E-state index contributed by atoms with van der Waals surface area (Å²) in [4.78, 5) is 11.9. The summed E-state index contributed by atoms with van der Waals surface area (Å²) in [6, 6.07) is 4.91. The summed E-state index contributed by atoms with van der Waals surface area (Å²) >= 11 is 6.03. The highest BCUT2D eigenvalue weighted by Gasteiger charge is 2.21. The number of hydrogen-bond acceptors (Lipinski definition) is 3. The summed E-state index contributed by atoms with van der Waals surface area (Å²) in [6.07, 6.45) is 1.85. The van der Waals surface area contributed by atoms with Gasteiger partial charge in [-0.15, -0.1) is 0 Å². The molecule has 1 rings (SSSR count). The Morgan fingerprint density at radius 2 is 2.05 bits per heavy atom. The van der Waals surface area contributed by atoms with Crippen LogP contribution < -0.4 is 9.62 Å². The zero-order valence-corrected chi connectivity index (χ0v) is 14.3. The summed E-state index contributed by atoms with van der Waals surface area (Å²) in [6.45, 7) is 5.37. The van der Waals surface area contributed by atoms with Gasteiger partial charge in [-0.2, -0.15) is 0 Å². The van der Waals surface area contributed by atoms with Crippen LogP contribution in [0.2, 0.25) is 5.02 Å². The summed E-state index contributed by atoms with van der Waals surface area (Å²) in [5, 5.41) is 3.21. The van der Waals surface area contributed by atoms with Crippen LogP contribution in [0.15, 0.2) is 18.2 Å². The minimum absolute atomic E-state index is 0.000478. The lowest BCUT2D eigenvalue weighted by Crippen LogP contribution is -2.43. The molecule has 1 aromatic rings. The molecule has 0 aromatic heterocycles. The third-order valence-corrected chi connectivity index (χ3v) is 4.70. The number of aryl methyl sites for hydroxylation is 1. The number of nitrogens with zero attached hydrogens (tertiary/aromatic N) is 1. The fourth-order valence-electron chi connectivity index (χ4n) is 1.69. The van der Waals surface area contributed by atoms with Crippen molar-refractivity contribution in [1.82, 2.24) is 5.32 Å². The first-order chi connectivity index (χ1) is 9.65. The van der Waals surface area contributed by atoms with E-state index < -0.39 is 10.0 Å². The topological polar surface area (TPSA) is 66.5 Å². The third-order valence-electron chi connectivity index (χ3n) is 3.15. The van der Waals surface area contributed by atoms with E-state index in [1.807, 2.05) is 20.8 Å². The van der Waals surface area contributed by atoms with Gasteiger partial charge in [0.2, 0.25) is 15.9 Å². The van der Waals surface area contributed by atoms with Crippen molar-refractivity contribution in [3.05, 3.63) is 28.8 Å². The first-order valence-corrected chi connectivity index (χ1v) is 8.91. The summed E-state index contributed by atoms with van der Waals surface area (Å²) in [5.41, 5.74) is 1.23. The SMILES string of the molecule is CC[C@H](C)NC(=O)CN(c1ccc(C)c(Cl)c1)S(C)(=O)=O. The van der Waals surface area contributed by atoms with Gasteiger partial charge in [-0.3, -0.25) is 9.10 Å². The molecule has 0 heterocycles. The number of rotatable bonds is 6. The molecule has 0 radical (unpaired) electrons. The highest BCUT2D eigenvalue weighted by molar-refractivity contribution is 7.92. The molecule has 0 spiro atoms. The normalized spacial score (nSPS) is 12.8. The number of halogens is 1. The molecule has 0 unspecified atom stereocenters. The summed E-state index contributed by atoms with van der Waals surface area (Å²) in [7, 11) is -3.57. The molecule has 0 aliphatic heterocycles. The molecule has 118 valence electrons. The Kier molecular flexibility index (Phi) is 6.04. The maximum Gasteiger partial charge on any atom is 0.240 e. The van der Waals surface area contributed by atoms with Crippen molar-refractivity contribution in [2.45, 2.75) is 33.2 Å². The zero-order valence-electron chi connectivity index (χ0n) is 12.7. The second kappa shape index (κ2) is 7.13. The number of hydrogen-bond donors (Lipinski definition) is 1. The molecular weight excluding hydrogens is 312 g/mol. The van der Waals surface area contributed by atoms with Crippen LogP contribution in [0, 0.1) is 6.92 Å². The Morgan fingerprint density at radius 1 is 1.43 bits per heavy atom. The van der Waals surface area contributed by atoms with E-state index in [2.05, 4.69) is 5.32 Å². The summed E-state index contributed by atoms with van der Waals surface area (Å²) in [5.74, 6) is -0.341. The van der Waals surface area contributed by atoms with Gasteiger partial charge in [0, 0.05) is 11.1 Å². The molecule has 0 bridgehead atoms. The van der Waals surface area contributed by atoms with Gasteiger partial charge in [0.25, 0.3) is 0 Å². The number of sulfonamides is 1. The maximum absolute atomic E-state index is 11.9. The molecule has 7 heteroatoms. The Balaban J connectivity index is 3.02. The summed E-state index contributed by atoms with van der Waals surface area (Å²) < 4.78 is 24.9. The predicted molar refractivity (Wildman–Crippen MR) is 86.3 cm³/mol. The molecule has 0 aliphatic rings. The van der Waals surface area contributed by atoms with E-state index in [4.69, 9.17) is 11.6 Å². The second-order valence-electron chi connectivity index (χ2n) is 5.08. The monoisotopic (exact) mass is 332 g/mol. The van der Waals surface area contributed by atoms with Crippen LogP contribution in [0.25, 0.3) is 0 Å². The van der Waals surface area contributed by atoms with Gasteiger partial charge in [0.15, 0.2) is 0 Å². The van der Waals surface area contributed by atoms with Gasteiger partial charge < -0.3 is 5.32 Å². The maximum atomic E-state index is 11.9. The minimum Gasteiger partial charge on any atom is -0.352 e. The molecule has 0 saturated heterocycles. The van der Waals surface area contributed by atoms with Gasteiger partial charge >= 0.3 is 0 Å². The molecule has 21 heavy (non-hydrogen) atoms. The fourth-order valence-corrected chi connectivity index (χ4v) is 2.71. The van der Waals surface area contributed by atoms with Crippen LogP contribution in [0.3, 0.4) is 0 Å². The van der Waals surface area contributed by atoms with E-state index in [0.29, 0.717) is 10.7 Å². The van der Waals surface area contributed by atoms with Crippen LogP contribution in [0.5, 0.6) is 0 Å². The highest BCUT2D eigenvalue weighted by Crippen LogP contribution is 2.24. The van der Waals surface area contributed by atoms with Gasteiger partial charge in [-0.05, 0) is 38.0 Å². The molecule has 5 nitrogen and oxygen atoms in total. The molecular formula is C14H21ClN2O3S. The van der Waals surface area contributed by atoms with Crippen molar-refractivity contribution < 1.29 is 13.2 Å². The average molecular weight is 333 g/mol. The molecule has 1 N–H and O–H groups in total. The van der Waals surface area contributed by atoms with E-state index in [0.717, 1.165) is 22.5 Å². The Morgan fingerprint density at radius 3 is 2.52 bits per heavy atom. The minimum atomic E-state index is -3.57. The molecule has 1 aromatic carbocycles. The van der Waals surface area contributed by atoms with Gasteiger partial charge in [-0.25, -0.2) is 8.42 Å². The Labute approximate surface area is 131 Å². The number of carbonyl (C=O) groups excluding carboxylic acids is 1. The van der Waals surface area contributed by atoms with Crippen molar-refractivity contribution in [3.8, 4) is 0 Å². The van der Waals surface area contributed by atoms with E-state index in [-0.39, 0.29) is 18.5 Å². The van der Waals surface area contributed by atoms with Crippen molar-refractivity contribution in [2.24, 2.45) is 0 Å². The van der Waals surface area contributed by atoms with Crippen molar-refractivity contribution in [2.75, 3.05) is 17.1 Å².